The molecular weight excluding hydrogens is 184 g/mol. The molecule has 0 unspecified atom stereocenters. The Morgan fingerprint density at radius 1 is 1.20 bits per heavy atom. The smallest absolute Gasteiger partial charge is 0.0110 e. The van der Waals surface area contributed by atoms with Gasteiger partial charge in [-0.25, -0.2) is 0 Å². The number of hydrogen-bond donors (Lipinski definition) is 1. The molecule has 1 aliphatic rings. The highest BCUT2D eigenvalue weighted by molar-refractivity contribution is 5.15. The number of benzene rings is 1. The van der Waals surface area contributed by atoms with Gasteiger partial charge in [0.2, 0.25) is 0 Å². The average molecular weight is 204 g/mol. The molecule has 1 N–H and O–H groups in total. The molecule has 15 heavy (non-hydrogen) atoms. The minimum atomic E-state index is 0.662. The summed E-state index contributed by atoms with van der Waals surface area (Å²) in [5.74, 6) is 0. The van der Waals surface area contributed by atoms with Gasteiger partial charge in [0.25, 0.3) is 0 Å². The Labute approximate surface area is 92.3 Å². The summed E-state index contributed by atoms with van der Waals surface area (Å²) in [5, 5.41) is 3.39. The highest BCUT2D eigenvalue weighted by Crippen LogP contribution is 2.09. The van der Waals surface area contributed by atoms with Crippen LogP contribution in [0.4, 0.5) is 0 Å². The number of piperazine rings is 1. The topological polar surface area (TPSA) is 15.3 Å². The van der Waals surface area contributed by atoms with Crippen LogP contribution in [0.1, 0.15) is 12.5 Å². The molecule has 1 heterocycles. The second-order valence-corrected chi connectivity index (χ2v) is 4.32. The molecule has 1 saturated heterocycles. The van der Waals surface area contributed by atoms with Crippen molar-refractivity contribution >= 4 is 0 Å². The molecule has 0 amide bonds. The minimum Gasteiger partial charge on any atom is -0.314 e. The average Bonchev–Trinajstić information content (AvgIpc) is 2.31. The van der Waals surface area contributed by atoms with Crippen LogP contribution >= 0.6 is 0 Å². The molecule has 0 saturated carbocycles. The van der Waals surface area contributed by atoms with Crippen LogP contribution in [0.5, 0.6) is 0 Å². The third-order valence-corrected chi connectivity index (χ3v) is 3.15. The first-order valence-electron chi connectivity index (χ1n) is 5.85. The summed E-state index contributed by atoms with van der Waals surface area (Å²) in [4.78, 5) is 2.57. The summed E-state index contributed by atoms with van der Waals surface area (Å²) in [6, 6.07) is 11.4. The Morgan fingerprint density at radius 3 is 2.53 bits per heavy atom. The lowest BCUT2D eigenvalue weighted by Crippen LogP contribution is -2.48. The molecule has 0 aromatic heterocycles. The highest BCUT2D eigenvalue weighted by atomic mass is 15.2. The number of nitrogens with zero attached hydrogens (tertiary/aromatic N) is 1. The molecule has 0 aliphatic carbocycles. The van der Waals surface area contributed by atoms with E-state index in [1.54, 1.807) is 0 Å². The van der Waals surface area contributed by atoms with Crippen molar-refractivity contribution in [3.63, 3.8) is 0 Å². The maximum Gasteiger partial charge on any atom is 0.0110 e. The van der Waals surface area contributed by atoms with Crippen molar-refractivity contribution in [1.82, 2.24) is 10.2 Å². The fraction of sp³-hybridized carbons (Fsp3) is 0.538. The van der Waals surface area contributed by atoms with E-state index < -0.39 is 0 Å². The van der Waals surface area contributed by atoms with E-state index in [4.69, 9.17) is 0 Å². The van der Waals surface area contributed by atoms with E-state index in [9.17, 15) is 0 Å². The van der Waals surface area contributed by atoms with Gasteiger partial charge in [-0.05, 0) is 18.9 Å². The van der Waals surface area contributed by atoms with E-state index in [1.807, 2.05) is 0 Å². The zero-order valence-corrected chi connectivity index (χ0v) is 9.45. The molecule has 0 radical (unpaired) electrons. The van der Waals surface area contributed by atoms with Gasteiger partial charge in [0.05, 0.1) is 0 Å². The Kier molecular flexibility index (Phi) is 3.75. The summed E-state index contributed by atoms with van der Waals surface area (Å²) in [5.41, 5.74) is 1.45. The van der Waals surface area contributed by atoms with Gasteiger partial charge in [0, 0.05) is 32.2 Å². The van der Waals surface area contributed by atoms with E-state index >= 15 is 0 Å². The molecule has 2 nitrogen and oxygen atoms in total. The molecule has 1 aromatic carbocycles. The first-order chi connectivity index (χ1) is 7.36. The van der Waals surface area contributed by atoms with Crippen LogP contribution in [-0.4, -0.2) is 37.1 Å². The Hall–Kier alpha value is -0.860. The standard InChI is InChI=1S/C13H20N2/c1-12(15-9-7-14-8-10-15)11-13-5-3-2-4-6-13/h2-6,12,14H,7-11H2,1H3/t12-/m0/s1. The lowest BCUT2D eigenvalue weighted by molar-refractivity contribution is 0.183. The van der Waals surface area contributed by atoms with Crippen LogP contribution in [0.15, 0.2) is 30.3 Å². The monoisotopic (exact) mass is 204 g/mol. The van der Waals surface area contributed by atoms with Gasteiger partial charge in [0.15, 0.2) is 0 Å². The molecular formula is C13H20N2. The third-order valence-electron chi connectivity index (χ3n) is 3.15. The van der Waals surface area contributed by atoms with Crippen molar-refractivity contribution in [3.8, 4) is 0 Å². The Balaban J connectivity index is 1.88. The predicted molar refractivity (Wildman–Crippen MR) is 64.1 cm³/mol. The van der Waals surface area contributed by atoms with Crippen molar-refractivity contribution in [3.05, 3.63) is 35.9 Å². The Bertz CT molecular complexity index is 278. The second kappa shape index (κ2) is 5.29. The maximum atomic E-state index is 3.39. The second-order valence-electron chi connectivity index (χ2n) is 4.32. The lowest BCUT2D eigenvalue weighted by Gasteiger charge is -2.32. The van der Waals surface area contributed by atoms with Crippen LogP contribution in [0.25, 0.3) is 0 Å². The molecule has 1 aliphatic heterocycles. The van der Waals surface area contributed by atoms with E-state index in [1.165, 1.54) is 25.1 Å². The zero-order chi connectivity index (χ0) is 10.5. The molecule has 1 fully saturated rings. The fourth-order valence-corrected chi connectivity index (χ4v) is 2.21. The Morgan fingerprint density at radius 2 is 1.87 bits per heavy atom. The van der Waals surface area contributed by atoms with Gasteiger partial charge in [-0.2, -0.15) is 0 Å². The molecule has 1 atom stereocenters. The molecule has 0 spiro atoms. The highest BCUT2D eigenvalue weighted by Gasteiger charge is 2.16. The molecule has 1 aromatic rings. The van der Waals surface area contributed by atoms with E-state index in [0.29, 0.717) is 6.04 Å². The minimum absolute atomic E-state index is 0.662. The van der Waals surface area contributed by atoms with Crippen molar-refractivity contribution in [2.75, 3.05) is 26.2 Å². The quantitative estimate of drug-likeness (QED) is 0.803. The van der Waals surface area contributed by atoms with Crippen LogP contribution in [0, 0.1) is 0 Å². The SMILES string of the molecule is C[C@@H](Cc1ccccc1)N1CCNCC1. The maximum absolute atomic E-state index is 3.39. The first-order valence-corrected chi connectivity index (χ1v) is 5.85. The van der Waals surface area contributed by atoms with E-state index in [2.05, 4.69) is 47.5 Å². The van der Waals surface area contributed by atoms with E-state index in [0.717, 1.165) is 13.1 Å². The number of rotatable bonds is 3. The van der Waals surface area contributed by atoms with Gasteiger partial charge in [-0.15, -0.1) is 0 Å². The lowest BCUT2D eigenvalue weighted by atomic mass is 10.1. The largest absolute Gasteiger partial charge is 0.314 e. The van der Waals surface area contributed by atoms with Gasteiger partial charge in [-0.3, -0.25) is 4.90 Å². The first kappa shape index (κ1) is 10.7. The molecule has 2 heteroatoms. The van der Waals surface area contributed by atoms with Crippen molar-refractivity contribution in [1.29, 1.82) is 0 Å². The molecule has 82 valence electrons. The summed E-state index contributed by atoms with van der Waals surface area (Å²) in [6.45, 7) is 6.98. The molecule has 2 rings (SSSR count). The van der Waals surface area contributed by atoms with Crippen LogP contribution < -0.4 is 5.32 Å². The van der Waals surface area contributed by atoms with Crippen LogP contribution in [-0.2, 0) is 6.42 Å². The fourth-order valence-electron chi connectivity index (χ4n) is 2.21. The van der Waals surface area contributed by atoms with Crippen molar-refractivity contribution in [2.45, 2.75) is 19.4 Å². The number of hydrogen-bond acceptors (Lipinski definition) is 2. The summed E-state index contributed by atoms with van der Waals surface area (Å²) in [6.07, 6.45) is 1.17. The van der Waals surface area contributed by atoms with Gasteiger partial charge in [-0.1, -0.05) is 30.3 Å². The molecule has 0 bridgehead atoms. The summed E-state index contributed by atoms with van der Waals surface area (Å²) >= 11 is 0. The third kappa shape index (κ3) is 3.05. The zero-order valence-electron chi connectivity index (χ0n) is 9.45. The van der Waals surface area contributed by atoms with Gasteiger partial charge < -0.3 is 5.32 Å². The van der Waals surface area contributed by atoms with E-state index in [-0.39, 0.29) is 0 Å². The van der Waals surface area contributed by atoms with Crippen LogP contribution in [0.3, 0.4) is 0 Å². The summed E-state index contributed by atoms with van der Waals surface area (Å²) < 4.78 is 0. The number of nitrogens with one attached hydrogen (secondary N) is 1. The van der Waals surface area contributed by atoms with Gasteiger partial charge in [0.1, 0.15) is 0 Å². The van der Waals surface area contributed by atoms with Crippen LogP contribution in [0.2, 0.25) is 0 Å². The van der Waals surface area contributed by atoms with Gasteiger partial charge >= 0.3 is 0 Å². The van der Waals surface area contributed by atoms with Crippen molar-refractivity contribution < 1.29 is 0 Å². The normalized spacial score (nSPS) is 20.1. The predicted octanol–water partition coefficient (Wildman–Crippen LogP) is 1.52. The van der Waals surface area contributed by atoms with Crippen molar-refractivity contribution in [2.24, 2.45) is 0 Å². The summed E-state index contributed by atoms with van der Waals surface area (Å²) in [7, 11) is 0.